The number of halogens is 2. The van der Waals surface area contributed by atoms with Crippen LogP contribution in [0.5, 0.6) is 0 Å². The second-order valence-corrected chi connectivity index (χ2v) is 6.44. The average Bonchev–Trinajstić information content (AvgIpc) is 3.01. The first-order valence-electron chi connectivity index (χ1n) is 7.18. The molecule has 1 saturated heterocycles. The van der Waals surface area contributed by atoms with Crippen LogP contribution in [-0.2, 0) is 0 Å². The van der Waals surface area contributed by atoms with Gasteiger partial charge < -0.3 is 15.7 Å². The van der Waals surface area contributed by atoms with Gasteiger partial charge in [-0.15, -0.1) is 24.0 Å². The van der Waals surface area contributed by atoms with E-state index in [0.717, 1.165) is 6.54 Å². The Bertz CT molecular complexity index is 466. The third kappa shape index (κ3) is 6.29. The van der Waals surface area contributed by atoms with Crippen LogP contribution in [0, 0.1) is 5.82 Å². The predicted molar refractivity (Wildman–Crippen MR) is 102 cm³/mol. The minimum atomic E-state index is -0.690. The first-order valence-corrected chi connectivity index (χ1v) is 8.23. The maximum atomic E-state index is 12.8. The lowest BCUT2D eigenvalue weighted by atomic mass is 10.1. The highest BCUT2D eigenvalue weighted by Crippen LogP contribution is 2.25. The summed E-state index contributed by atoms with van der Waals surface area (Å²) in [4.78, 5) is 4.14. The minimum absolute atomic E-state index is 0. The zero-order chi connectivity index (χ0) is 15.1. The van der Waals surface area contributed by atoms with Gasteiger partial charge in [-0.2, -0.15) is 11.8 Å². The van der Waals surface area contributed by atoms with Crippen LogP contribution in [0.1, 0.15) is 24.5 Å². The Morgan fingerprint density at radius 2 is 2.14 bits per heavy atom. The molecule has 7 heteroatoms. The van der Waals surface area contributed by atoms with Crippen molar-refractivity contribution in [2.24, 2.45) is 4.99 Å². The zero-order valence-electron chi connectivity index (χ0n) is 12.6. The lowest BCUT2D eigenvalue weighted by molar-refractivity contribution is 0.180. The molecular formula is C15H23FIN3OS. The predicted octanol–water partition coefficient (Wildman–Crippen LogP) is 2.54. The second-order valence-electron chi connectivity index (χ2n) is 5.04. The van der Waals surface area contributed by atoms with Crippen molar-refractivity contribution in [1.82, 2.24) is 10.6 Å². The van der Waals surface area contributed by atoms with E-state index in [9.17, 15) is 9.50 Å². The third-order valence-corrected chi connectivity index (χ3v) is 4.86. The summed E-state index contributed by atoms with van der Waals surface area (Å²) in [5.41, 5.74) is 0.686. The van der Waals surface area contributed by atoms with Gasteiger partial charge in [0.1, 0.15) is 5.82 Å². The van der Waals surface area contributed by atoms with Crippen LogP contribution in [-0.4, -0.2) is 42.2 Å². The molecule has 3 N–H and O–H groups in total. The Hall–Kier alpha value is -0.540. The van der Waals surface area contributed by atoms with Crippen molar-refractivity contribution in [3.63, 3.8) is 0 Å². The number of rotatable bonds is 5. The number of benzene rings is 1. The summed E-state index contributed by atoms with van der Waals surface area (Å²) in [7, 11) is 1.71. The van der Waals surface area contributed by atoms with Gasteiger partial charge in [0.05, 0.1) is 6.10 Å². The first kappa shape index (κ1) is 19.5. The van der Waals surface area contributed by atoms with Crippen molar-refractivity contribution in [3.05, 3.63) is 35.6 Å². The van der Waals surface area contributed by atoms with E-state index < -0.39 is 6.10 Å². The highest BCUT2D eigenvalue weighted by atomic mass is 127. The molecule has 1 aromatic rings. The molecule has 0 aliphatic carbocycles. The summed E-state index contributed by atoms with van der Waals surface area (Å²) in [5, 5.41) is 17.1. The second kappa shape index (κ2) is 10.3. The van der Waals surface area contributed by atoms with Crippen LogP contribution in [0.3, 0.4) is 0 Å². The van der Waals surface area contributed by atoms with Gasteiger partial charge in [-0.1, -0.05) is 12.1 Å². The van der Waals surface area contributed by atoms with Gasteiger partial charge in [0, 0.05) is 25.4 Å². The number of aliphatic hydroxyl groups is 1. The van der Waals surface area contributed by atoms with Gasteiger partial charge in [-0.25, -0.2) is 4.39 Å². The molecule has 22 heavy (non-hydrogen) atoms. The Morgan fingerprint density at radius 3 is 2.73 bits per heavy atom. The Balaban J connectivity index is 0.00000242. The molecule has 0 aromatic heterocycles. The van der Waals surface area contributed by atoms with Crippen LogP contribution < -0.4 is 10.6 Å². The molecule has 2 atom stereocenters. The number of thioether (sulfide) groups is 1. The minimum Gasteiger partial charge on any atom is -0.387 e. The van der Waals surface area contributed by atoms with Gasteiger partial charge in [-0.05, 0) is 36.3 Å². The molecule has 1 aromatic carbocycles. The quantitative estimate of drug-likeness (QED) is 0.375. The van der Waals surface area contributed by atoms with Crippen LogP contribution in [0.25, 0.3) is 0 Å². The number of hydrogen-bond acceptors (Lipinski definition) is 3. The van der Waals surface area contributed by atoms with Gasteiger partial charge in [-0.3, -0.25) is 4.99 Å². The standard InChI is InChI=1S/C15H22FN3OS.HI/c1-17-15(18-9-13-3-2-8-21-13)19-10-14(20)11-4-6-12(16)7-5-11;/h4-7,13-14,20H,2-3,8-10H2,1H3,(H2,17,18,19);1H. The summed E-state index contributed by atoms with van der Waals surface area (Å²) < 4.78 is 12.8. The highest BCUT2D eigenvalue weighted by molar-refractivity contribution is 14.0. The van der Waals surface area contributed by atoms with E-state index in [4.69, 9.17) is 0 Å². The summed E-state index contributed by atoms with van der Waals surface area (Å²) in [5.74, 6) is 1.62. The van der Waals surface area contributed by atoms with E-state index in [1.165, 1.54) is 30.7 Å². The lowest BCUT2D eigenvalue weighted by Gasteiger charge is -2.17. The lowest BCUT2D eigenvalue weighted by Crippen LogP contribution is -2.41. The van der Waals surface area contributed by atoms with Gasteiger partial charge >= 0.3 is 0 Å². The fourth-order valence-electron chi connectivity index (χ4n) is 2.23. The van der Waals surface area contributed by atoms with E-state index in [2.05, 4.69) is 15.6 Å². The van der Waals surface area contributed by atoms with Crippen molar-refractivity contribution in [2.75, 3.05) is 25.9 Å². The number of nitrogens with one attached hydrogen (secondary N) is 2. The number of guanidine groups is 1. The SMILES string of the molecule is CN=C(NCC1CCCS1)NCC(O)c1ccc(F)cc1.I. The number of hydrogen-bond donors (Lipinski definition) is 3. The van der Waals surface area contributed by atoms with E-state index in [1.54, 1.807) is 19.2 Å². The van der Waals surface area contributed by atoms with E-state index in [1.807, 2.05) is 11.8 Å². The molecule has 1 heterocycles. The smallest absolute Gasteiger partial charge is 0.191 e. The molecule has 0 radical (unpaired) electrons. The molecule has 1 aliphatic rings. The molecule has 0 saturated carbocycles. The Kier molecular flexibility index (Phi) is 9.11. The summed E-state index contributed by atoms with van der Waals surface area (Å²) in [6.07, 6.45) is 1.84. The molecular weight excluding hydrogens is 416 g/mol. The van der Waals surface area contributed by atoms with Crippen LogP contribution >= 0.6 is 35.7 Å². The van der Waals surface area contributed by atoms with Gasteiger partial charge in [0.25, 0.3) is 0 Å². The van der Waals surface area contributed by atoms with Crippen molar-refractivity contribution in [3.8, 4) is 0 Å². The third-order valence-electron chi connectivity index (χ3n) is 3.46. The summed E-state index contributed by atoms with van der Waals surface area (Å²) in [6.45, 7) is 1.22. The van der Waals surface area contributed by atoms with Gasteiger partial charge in [0.15, 0.2) is 5.96 Å². The van der Waals surface area contributed by atoms with Gasteiger partial charge in [0.2, 0.25) is 0 Å². The van der Waals surface area contributed by atoms with E-state index in [0.29, 0.717) is 23.3 Å². The fraction of sp³-hybridized carbons (Fsp3) is 0.533. The van der Waals surface area contributed by atoms with E-state index >= 15 is 0 Å². The van der Waals surface area contributed by atoms with Crippen molar-refractivity contribution in [1.29, 1.82) is 0 Å². The molecule has 0 amide bonds. The maximum Gasteiger partial charge on any atom is 0.191 e. The fourth-order valence-corrected chi connectivity index (χ4v) is 3.43. The molecule has 1 fully saturated rings. The number of nitrogens with zero attached hydrogens (tertiary/aromatic N) is 1. The summed E-state index contributed by atoms with van der Waals surface area (Å²) in [6, 6.07) is 5.88. The number of aliphatic hydroxyl groups excluding tert-OH is 1. The first-order chi connectivity index (χ1) is 10.2. The van der Waals surface area contributed by atoms with Crippen molar-refractivity contribution in [2.45, 2.75) is 24.2 Å². The molecule has 1 aliphatic heterocycles. The molecule has 124 valence electrons. The van der Waals surface area contributed by atoms with Crippen molar-refractivity contribution >= 4 is 41.7 Å². The molecule has 2 rings (SSSR count). The van der Waals surface area contributed by atoms with Crippen molar-refractivity contribution < 1.29 is 9.50 Å². The molecule has 0 bridgehead atoms. The maximum absolute atomic E-state index is 12.8. The molecule has 4 nitrogen and oxygen atoms in total. The largest absolute Gasteiger partial charge is 0.387 e. The zero-order valence-corrected chi connectivity index (χ0v) is 15.7. The topological polar surface area (TPSA) is 56.7 Å². The monoisotopic (exact) mass is 439 g/mol. The van der Waals surface area contributed by atoms with Crippen LogP contribution in [0.15, 0.2) is 29.3 Å². The Labute approximate surface area is 152 Å². The average molecular weight is 439 g/mol. The van der Waals surface area contributed by atoms with E-state index in [-0.39, 0.29) is 29.8 Å². The highest BCUT2D eigenvalue weighted by Gasteiger charge is 2.16. The normalized spacial score (nSPS) is 19.4. The van der Waals surface area contributed by atoms with Crippen LogP contribution in [0.4, 0.5) is 4.39 Å². The Morgan fingerprint density at radius 1 is 1.41 bits per heavy atom. The molecule has 0 spiro atoms. The number of aliphatic imine (C=N–C) groups is 1. The molecule has 2 unspecified atom stereocenters. The van der Waals surface area contributed by atoms with Crippen LogP contribution in [0.2, 0.25) is 0 Å². The summed E-state index contributed by atoms with van der Waals surface area (Å²) >= 11 is 1.99.